The molecule has 0 amide bonds. The maximum atomic E-state index is 4.34. The van der Waals surface area contributed by atoms with Crippen molar-refractivity contribution < 1.29 is 0 Å². The summed E-state index contributed by atoms with van der Waals surface area (Å²) in [6.45, 7) is 13.7. The Labute approximate surface area is 155 Å². The smallest absolute Gasteiger partial charge is 0.00717 e. The Morgan fingerprint density at radius 1 is 1.16 bits per heavy atom. The summed E-state index contributed by atoms with van der Waals surface area (Å²) in [6, 6.07) is 0. The molecule has 3 unspecified atom stereocenters. The van der Waals surface area contributed by atoms with Gasteiger partial charge in [-0.2, -0.15) is 0 Å². The molecule has 3 rings (SSSR count). The Kier molecular flexibility index (Phi) is 5.28. The van der Waals surface area contributed by atoms with E-state index in [0.717, 1.165) is 5.92 Å². The van der Waals surface area contributed by atoms with Gasteiger partial charge in [0.1, 0.15) is 0 Å². The fourth-order valence-electron chi connectivity index (χ4n) is 4.82. The molecule has 0 aromatic carbocycles. The van der Waals surface area contributed by atoms with Crippen LogP contribution in [-0.4, -0.2) is 0 Å². The van der Waals surface area contributed by atoms with Crippen molar-refractivity contribution in [1.29, 1.82) is 0 Å². The Balaban J connectivity index is 1.78. The number of allylic oxidation sites excluding steroid dienone is 9. The van der Waals surface area contributed by atoms with Gasteiger partial charge in [0.05, 0.1) is 0 Å². The molecule has 0 aromatic heterocycles. The second-order valence-electron chi connectivity index (χ2n) is 9.23. The van der Waals surface area contributed by atoms with Crippen molar-refractivity contribution in [1.82, 2.24) is 0 Å². The number of unbranched alkanes of at least 4 members (excludes halogenated alkanes) is 1. The first kappa shape index (κ1) is 18.5. The summed E-state index contributed by atoms with van der Waals surface area (Å²) in [5.41, 5.74) is 4.74. The second kappa shape index (κ2) is 7.14. The van der Waals surface area contributed by atoms with Gasteiger partial charge in [0.15, 0.2) is 0 Å². The second-order valence-corrected chi connectivity index (χ2v) is 9.23. The zero-order valence-corrected chi connectivity index (χ0v) is 16.8. The van der Waals surface area contributed by atoms with Gasteiger partial charge in [-0.15, -0.1) is 0 Å². The summed E-state index contributed by atoms with van der Waals surface area (Å²) in [4.78, 5) is 0. The SMILES string of the molecule is C=C(C)C1C=C(C2=CCC(C)(CCCC)C=C2)C=CC1(C)C1CCC1. The molecule has 0 spiro atoms. The summed E-state index contributed by atoms with van der Waals surface area (Å²) >= 11 is 0. The van der Waals surface area contributed by atoms with Crippen molar-refractivity contribution in [2.24, 2.45) is 22.7 Å². The van der Waals surface area contributed by atoms with E-state index in [1.165, 1.54) is 61.7 Å². The van der Waals surface area contributed by atoms with Crippen LogP contribution < -0.4 is 0 Å². The van der Waals surface area contributed by atoms with E-state index in [0.29, 0.717) is 11.3 Å². The van der Waals surface area contributed by atoms with Crippen molar-refractivity contribution in [2.45, 2.75) is 72.6 Å². The predicted octanol–water partition coefficient (Wildman–Crippen LogP) is 7.56. The van der Waals surface area contributed by atoms with Crippen LogP contribution in [0.15, 0.2) is 59.8 Å². The van der Waals surface area contributed by atoms with E-state index in [-0.39, 0.29) is 5.41 Å². The minimum atomic E-state index is 0.266. The predicted molar refractivity (Wildman–Crippen MR) is 110 cm³/mol. The van der Waals surface area contributed by atoms with Crippen molar-refractivity contribution in [3.05, 3.63) is 59.8 Å². The average molecular weight is 337 g/mol. The summed E-state index contributed by atoms with van der Waals surface area (Å²) in [7, 11) is 0. The highest BCUT2D eigenvalue weighted by Gasteiger charge is 2.43. The third-order valence-electron chi connectivity index (χ3n) is 7.04. The van der Waals surface area contributed by atoms with Gasteiger partial charge in [-0.25, -0.2) is 0 Å². The van der Waals surface area contributed by atoms with Crippen LogP contribution in [-0.2, 0) is 0 Å². The highest BCUT2D eigenvalue weighted by molar-refractivity contribution is 5.52. The van der Waals surface area contributed by atoms with Gasteiger partial charge in [-0.1, -0.05) is 88.6 Å². The molecule has 3 atom stereocenters. The van der Waals surface area contributed by atoms with Crippen LogP contribution in [0.25, 0.3) is 0 Å². The summed E-state index contributed by atoms with van der Waals surface area (Å²) in [5.74, 6) is 1.30. The zero-order chi connectivity index (χ0) is 18.1. The first-order valence-corrected chi connectivity index (χ1v) is 10.3. The van der Waals surface area contributed by atoms with Crippen LogP contribution in [0.2, 0.25) is 0 Å². The molecule has 25 heavy (non-hydrogen) atoms. The summed E-state index contributed by atoms with van der Waals surface area (Å²) in [5, 5.41) is 0. The normalized spacial score (nSPS) is 35.1. The molecule has 3 aliphatic carbocycles. The van der Waals surface area contributed by atoms with Crippen LogP contribution in [0.4, 0.5) is 0 Å². The van der Waals surface area contributed by atoms with E-state index in [1.54, 1.807) is 0 Å². The van der Waals surface area contributed by atoms with Gasteiger partial charge in [-0.05, 0) is 60.5 Å². The standard InChI is InChI=1S/C25H36/c1-6-7-14-24(4)15-11-20(12-16-24)21-13-17-25(5,22-9-8-10-22)23(18-21)19(2)3/h11-13,15,17-18,22-23H,2,6-10,14,16H2,1,3-5H3. The zero-order valence-electron chi connectivity index (χ0n) is 16.8. The van der Waals surface area contributed by atoms with Gasteiger partial charge >= 0.3 is 0 Å². The third kappa shape index (κ3) is 3.64. The number of rotatable bonds is 6. The fourth-order valence-corrected chi connectivity index (χ4v) is 4.82. The molecule has 0 heterocycles. The lowest BCUT2D eigenvalue weighted by Gasteiger charge is -2.47. The molecule has 0 N–H and O–H groups in total. The van der Waals surface area contributed by atoms with Gasteiger partial charge < -0.3 is 0 Å². The van der Waals surface area contributed by atoms with E-state index < -0.39 is 0 Å². The summed E-state index contributed by atoms with van der Waals surface area (Å²) in [6.07, 6.45) is 23.9. The topological polar surface area (TPSA) is 0 Å². The largest absolute Gasteiger partial charge is 0.0995 e. The van der Waals surface area contributed by atoms with Crippen LogP contribution in [0, 0.1) is 22.7 Å². The van der Waals surface area contributed by atoms with Crippen molar-refractivity contribution in [3.8, 4) is 0 Å². The quantitative estimate of drug-likeness (QED) is 0.439. The molecule has 3 aliphatic rings. The van der Waals surface area contributed by atoms with Crippen molar-refractivity contribution in [3.63, 3.8) is 0 Å². The molecule has 0 aromatic rings. The maximum Gasteiger partial charge on any atom is 0.00717 e. The van der Waals surface area contributed by atoms with Gasteiger partial charge in [-0.3, -0.25) is 0 Å². The minimum absolute atomic E-state index is 0.266. The van der Waals surface area contributed by atoms with Gasteiger partial charge in [0.2, 0.25) is 0 Å². The third-order valence-corrected chi connectivity index (χ3v) is 7.04. The lowest BCUT2D eigenvalue weighted by atomic mass is 9.57. The van der Waals surface area contributed by atoms with E-state index in [1.807, 2.05) is 0 Å². The molecule has 0 aliphatic heterocycles. The highest BCUT2D eigenvalue weighted by atomic mass is 14.5. The Morgan fingerprint density at radius 2 is 1.88 bits per heavy atom. The minimum Gasteiger partial charge on any atom is -0.0995 e. The van der Waals surface area contributed by atoms with E-state index in [9.17, 15) is 0 Å². The molecular weight excluding hydrogens is 300 g/mol. The summed E-state index contributed by atoms with van der Waals surface area (Å²) < 4.78 is 0. The Hall–Kier alpha value is -1.30. The molecule has 0 heteroatoms. The maximum absolute atomic E-state index is 4.34. The van der Waals surface area contributed by atoms with E-state index >= 15 is 0 Å². The number of hydrogen-bond donors (Lipinski definition) is 0. The first-order chi connectivity index (χ1) is 11.9. The molecule has 0 radical (unpaired) electrons. The van der Waals surface area contributed by atoms with Crippen LogP contribution in [0.3, 0.4) is 0 Å². The van der Waals surface area contributed by atoms with Crippen molar-refractivity contribution >= 4 is 0 Å². The van der Waals surface area contributed by atoms with E-state index in [2.05, 4.69) is 70.7 Å². The molecule has 0 bridgehead atoms. The number of hydrogen-bond acceptors (Lipinski definition) is 0. The first-order valence-electron chi connectivity index (χ1n) is 10.3. The monoisotopic (exact) mass is 336 g/mol. The molecule has 136 valence electrons. The van der Waals surface area contributed by atoms with Crippen LogP contribution >= 0.6 is 0 Å². The fraction of sp³-hybridized carbons (Fsp3) is 0.600. The molecule has 1 fully saturated rings. The molecule has 0 saturated heterocycles. The van der Waals surface area contributed by atoms with Gasteiger partial charge in [0, 0.05) is 5.92 Å². The lowest BCUT2D eigenvalue weighted by Crippen LogP contribution is -2.38. The Bertz CT molecular complexity index is 637. The average Bonchev–Trinajstić information content (AvgIpc) is 2.52. The molecule has 0 nitrogen and oxygen atoms in total. The van der Waals surface area contributed by atoms with Crippen LogP contribution in [0.5, 0.6) is 0 Å². The van der Waals surface area contributed by atoms with Crippen molar-refractivity contribution in [2.75, 3.05) is 0 Å². The molecular formula is C25H36. The lowest BCUT2D eigenvalue weighted by molar-refractivity contribution is 0.118. The van der Waals surface area contributed by atoms with Gasteiger partial charge in [0.25, 0.3) is 0 Å². The van der Waals surface area contributed by atoms with Crippen LogP contribution in [0.1, 0.15) is 72.6 Å². The Morgan fingerprint density at radius 3 is 2.40 bits per heavy atom. The van der Waals surface area contributed by atoms with E-state index in [4.69, 9.17) is 0 Å². The highest BCUT2D eigenvalue weighted by Crippen LogP contribution is 2.52. The molecule has 1 saturated carbocycles.